The minimum absolute atomic E-state index is 0.167. The lowest BCUT2D eigenvalue weighted by Gasteiger charge is -2.30. The third kappa shape index (κ3) is 5.72. The lowest BCUT2D eigenvalue weighted by Crippen LogP contribution is -2.39. The molecule has 0 spiro atoms. The van der Waals surface area contributed by atoms with Crippen molar-refractivity contribution in [1.29, 1.82) is 0 Å². The fourth-order valence-electron chi connectivity index (χ4n) is 3.71. The third-order valence-corrected chi connectivity index (χ3v) is 5.36. The second-order valence-electron chi connectivity index (χ2n) is 7.49. The molecule has 1 fully saturated rings. The summed E-state index contributed by atoms with van der Waals surface area (Å²) in [4.78, 5) is 26.8. The molecule has 3 rings (SSSR count). The maximum absolute atomic E-state index is 13.9. The van der Waals surface area contributed by atoms with Gasteiger partial charge in [-0.15, -0.1) is 0 Å². The summed E-state index contributed by atoms with van der Waals surface area (Å²) < 4.78 is 38.5. The molecule has 0 radical (unpaired) electrons. The van der Waals surface area contributed by atoms with Crippen LogP contribution in [0, 0.1) is 17.6 Å². The van der Waals surface area contributed by atoms with Crippen LogP contribution in [-0.4, -0.2) is 42.9 Å². The highest BCUT2D eigenvalue weighted by Gasteiger charge is 2.29. The smallest absolute Gasteiger partial charge is 0.246 e. The second-order valence-corrected chi connectivity index (χ2v) is 7.49. The van der Waals surface area contributed by atoms with E-state index in [0.29, 0.717) is 50.6 Å². The van der Waals surface area contributed by atoms with Crippen LogP contribution in [0.1, 0.15) is 42.6 Å². The van der Waals surface area contributed by atoms with Crippen molar-refractivity contribution in [2.45, 2.75) is 26.7 Å². The Hall–Kier alpha value is -3.22. The second kappa shape index (κ2) is 10.9. The summed E-state index contributed by atoms with van der Waals surface area (Å²) in [5.74, 6) is -1.11. The standard InChI is InChI=1S/C25H27F2NO4/c1-3-31-22-9-5-17(15-23(22)32-4-2)6-10-24(29)28-13-11-18(12-14-28)25(30)20-16-19(26)7-8-21(20)27/h5-10,15-16,18H,3-4,11-14H2,1-2H3/b10-6+. The van der Waals surface area contributed by atoms with E-state index in [1.54, 1.807) is 17.0 Å². The number of Topliss-reactive ketones (excluding diaryl/α,β-unsaturated/α-hetero) is 1. The van der Waals surface area contributed by atoms with Crippen LogP contribution in [0.2, 0.25) is 0 Å². The summed E-state index contributed by atoms with van der Waals surface area (Å²) >= 11 is 0. The Kier molecular flexibility index (Phi) is 7.98. The number of carbonyl (C=O) groups excluding carboxylic acids is 2. The normalized spacial score (nSPS) is 14.6. The first-order chi connectivity index (χ1) is 15.4. The van der Waals surface area contributed by atoms with Gasteiger partial charge in [0.25, 0.3) is 0 Å². The van der Waals surface area contributed by atoms with E-state index in [1.807, 2.05) is 26.0 Å². The van der Waals surface area contributed by atoms with Crippen LogP contribution in [-0.2, 0) is 4.79 Å². The minimum Gasteiger partial charge on any atom is -0.490 e. The molecule has 0 N–H and O–H groups in total. The SMILES string of the molecule is CCOc1ccc(/C=C/C(=O)N2CCC(C(=O)c3cc(F)ccc3F)CC2)cc1OCC. The van der Waals surface area contributed by atoms with E-state index in [4.69, 9.17) is 9.47 Å². The lowest BCUT2D eigenvalue weighted by molar-refractivity contribution is -0.127. The Morgan fingerprint density at radius 1 is 1.00 bits per heavy atom. The van der Waals surface area contributed by atoms with Crippen molar-refractivity contribution in [2.75, 3.05) is 26.3 Å². The monoisotopic (exact) mass is 443 g/mol. The van der Waals surface area contributed by atoms with Crippen LogP contribution in [0.5, 0.6) is 11.5 Å². The molecule has 170 valence electrons. The van der Waals surface area contributed by atoms with Gasteiger partial charge in [0.2, 0.25) is 5.91 Å². The number of benzene rings is 2. The molecule has 2 aromatic carbocycles. The van der Waals surface area contributed by atoms with Gasteiger partial charge in [-0.25, -0.2) is 8.78 Å². The Balaban J connectivity index is 1.59. The third-order valence-electron chi connectivity index (χ3n) is 5.36. The van der Waals surface area contributed by atoms with Crippen LogP contribution < -0.4 is 9.47 Å². The summed E-state index contributed by atoms with van der Waals surface area (Å²) in [5.41, 5.74) is 0.576. The number of rotatable bonds is 8. The highest BCUT2D eigenvalue weighted by Crippen LogP contribution is 2.29. The van der Waals surface area contributed by atoms with Gasteiger partial charge in [-0.1, -0.05) is 6.07 Å². The van der Waals surface area contributed by atoms with Gasteiger partial charge < -0.3 is 14.4 Å². The summed E-state index contributed by atoms with van der Waals surface area (Å²) in [5, 5.41) is 0. The average molecular weight is 443 g/mol. The Morgan fingerprint density at radius 3 is 2.38 bits per heavy atom. The molecule has 0 aliphatic carbocycles. The molecule has 1 saturated heterocycles. The van der Waals surface area contributed by atoms with E-state index < -0.39 is 23.3 Å². The fraction of sp³-hybridized carbons (Fsp3) is 0.360. The van der Waals surface area contributed by atoms with Gasteiger partial charge in [-0.3, -0.25) is 9.59 Å². The molecule has 0 saturated carbocycles. The molecule has 0 aromatic heterocycles. The molecule has 0 atom stereocenters. The van der Waals surface area contributed by atoms with E-state index in [2.05, 4.69) is 0 Å². The number of carbonyl (C=O) groups is 2. The van der Waals surface area contributed by atoms with Gasteiger partial charge in [-0.2, -0.15) is 0 Å². The zero-order valence-electron chi connectivity index (χ0n) is 18.3. The first-order valence-corrected chi connectivity index (χ1v) is 10.8. The maximum Gasteiger partial charge on any atom is 0.246 e. The predicted molar refractivity (Wildman–Crippen MR) is 118 cm³/mol. The Labute approximate surface area is 186 Å². The largest absolute Gasteiger partial charge is 0.490 e. The Bertz CT molecular complexity index is 997. The number of ether oxygens (including phenoxy) is 2. The molecular formula is C25H27F2NO4. The number of ketones is 1. The van der Waals surface area contributed by atoms with E-state index in [-0.39, 0.29) is 11.5 Å². The van der Waals surface area contributed by atoms with Crippen molar-refractivity contribution in [1.82, 2.24) is 4.90 Å². The molecule has 32 heavy (non-hydrogen) atoms. The molecule has 2 aromatic rings. The van der Waals surface area contributed by atoms with Gasteiger partial charge >= 0.3 is 0 Å². The lowest BCUT2D eigenvalue weighted by atomic mass is 9.88. The molecule has 5 nitrogen and oxygen atoms in total. The first-order valence-electron chi connectivity index (χ1n) is 10.8. The van der Waals surface area contributed by atoms with Gasteiger partial charge in [0.1, 0.15) is 11.6 Å². The molecule has 0 unspecified atom stereocenters. The average Bonchev–Trinajstić information content (AvgIpc) is 2.80. The Morgan fingerprint density at radius 2 is 1.69 bits per heavy atom. The zero-order chi connectivity index (χ0) is 23.1. The number of hydrogen-bond acceptors (Lipinski definition) is 4. The van der Waals surface area contributed by atoms with Crippen molar-refractivity contribution >= 4 is 17.8 Å². The van der Waals surface area contributed by atoms with Crippen LogP contribution in [0.25, 0.3) is 6.08 Å². The minimum atomic E-state index is -0.723. The molecule has 7 heteroatoms. The highest BCUT2D eigenvalue weighted by atomic mass is 19.1. The maximum atomic E-state index is 13.9. The quantitative estimate of drug-likeness (QED) is 0.430. The first kappa shape index (κ1) is 23.4. The fourth-order valence-corrected chi connectivity index (χ4v) is 3.71. The van der Waals surface area contributed by atoms with Crippen LogP contribution in [0.3, 0.4) is 0 Å². The van der Waals surface area contributed by atoms with Gasteiger partial charge in [0.05, 0.1) is 18.8 Å². The number of hydrogen-bond donors (Lipinski definition) is 0. The number of nitrogens with zero attached hydrogens (tertiary/aromatic N) is 1. The van der Waals surface area contributed by atoms with Gasteiger partial charge in [-0.05, 0) is 68.7 Å². The van der Waals surface area contributed by atoms with Gasteiger partial charge in [0, 0.05) is 25.1 Å². The number of likely N-dealkylation sites (tertiary alicyclic amines) is 1. The number of halogens is 2. The summed E-state index contributed by atoms with van der Waals surface area (Å²) in [6.45, 7) is 5.57. The van der Waals surface area contributed by atoms with Crippen molar-refractivity contribution in [2.24, 2.45) is 5.92 Å². The molecule has 1 heterocycles. The van der Waals surface area contributed by atoms with Crippen molar-refractivity contribution in [3.8, 4) is 11.5 Å². The summed E-state index contributed by atoms with van der Waals surface area (Å²) in [7, 11) is 0. The van der Waals surface area contributed by atoms with Crippen molar-refractivity contribution in [3.63, 3.8) is 0 Å². The molecule has 1 amide bonds. The van der Waals surface area contributed by atoms with E-state index in [9.17, 15) is 18.4 Å². The predicted octanol–water partition coefficient (Wildman–Crippen LogP) is 4.90. The van der Waals surface area contributed by atoms with E-state index in [1.165, 1.54) is 6.08 Å². The topological polar surface area (TPSA) is 55.8 Å². The highest BCUT2D eigenvalue weighted by molar-refractivity contribution is 5.98. The number of amides is 1. The number of piperidine rings is 1. The molecule has 0 bridgehead atoms. The van der Waals surface area contributed by atoms with E-state index in [0.717, 1.165) is 23.8 Å². The van der Waals surface area contributed by atoms with Gasteiger partial charge in [0.15, 0.2) is 17.3 Å². The van der Waals surface area contributed by atoms with Crippen LogP contribution in [0.15, 0.2) is 42.5 Å². The van der Waals surface area contributed by atoms with Crippen LogP contribution >= 0.6 is 0 Å². The summed E-state index contributed by atoms with van der Waals surface area (Å²) in [6, 6.07) is 8.35. The van der Waals surface area contributed by atoms with Crippen LogP contribution in [0.4, 0.5) is 8.78 Å². The zero-order valence-corrected chi connectivity index (χ0v) is 18.3. The van der Waals surface area contributed by atoms with Crippen molar-refractivity contribution < 1.29 is 27.8 Å². The molecular weight excluding hydrogens is 416 g/mol. The van der Waals surface area contributed by atoms with Crippen molar-refractivity contribution in [3.05, 3.63) is 65.2 Å². The summed E-state index contributed by atoms with van der Waals surface area (Å²) in [6.07, 6.45) is 4.01. The molecule has 1 aliphatic heterocycles. The molecule has 1 aliphatic rings. The van der Waals surface area contributed by atoms with E-state index >= 15 is 0 Å².